The highest BCUT2D eigenvalue weighted by atomic mass is 16.6. The molecule has 1 aromatic rings. The zero-order chi connectivity index (χ0) is 28.6. The lowest BCUT2D eigenvalue weighted by Gasteiger charge is -2.38. The van der Waals surface area contributed by atoms with Gasteiger partial charge in [0.2, 0.25) is 11.8 Å². The fourth-order valence-electron chi connectivity index (χ4n) is 6.13. The molecule has 1 aromatic carbocycles. The van der Waals surface area contributed by atoms with Gasteiger partial charge in [0.05, 0.1) is 11.1 Å². The Morgan fingerprint density at radius 2 is 1.62 bits per heavy atom. The van der Waals surface area contributed by atoms with E-state index < -0.39 is 29.4 Å². The molecule has 4 aliphatic heterocycles. The number of fused-ring (bicyclic) bond motifs is 1. The molecule has 5 rings (SSSR count). The molecule has 0 aliphatic carbocycles. The summed E-state index contributed by atoms with van der Waals surface area (Å²) in [6.45, 7) is 10.2. The molecule has 216 valence electrons. The predicted molar refractivity (Wildman–Crippen MR) is 147 cm³/mol. The summed E-state index contributed by atoms with van der Waals surface area (Å²) in [6.07, 6.45) is 3.79. The largest absolute Gasteiger partial charge is 0.444 e. The maximum atomic E-state index is 13.2. The van der Waals surface area contributed by atoms with Crippen molar-refractivity contribution in [2.45, 2.75) is 77.0 Å². The van der Waals surface area contributed by atoms with E-state index >= 15 is 0 Å². The maximum absolute atomic E-state index is 13.2. The molecule has 5 amide bonds. The molecule has 11 heteroatoms. The van der Waals surface area contributed by atoms with Crippen molar-refractivity contribution in [2.24, 2.45) is 5.92 Å². The summed E-state index contributed by atoms with van der Waals surface area (Å²) >= 11 is 0. The Kier molecular flexibility index (Phi) is 7.85. The molecule has 1 atom stereocenters. The first-order valence-electron chi connectivity index (χ1n) is 14.3. The summed E-state index contributed by atoms with van der Waals surface area (Å²) < 4.78 is 5.38. The quantitative estimate of drug-likeness (QED) is 0.532. The Labute approximate surface area is 234 Å². The lowest BCUT2D eigenvalue weighted by atomic mass is 9.94. The van der Waals surface area contributed by atoms with Crippen molar-refractivity contribution in [3.8, 4) is 0 Å². The van der Waals surface area contributed by atoms with E-state index in [1.165, 1.54) is 0 Å². The van der Waals surface area contributed by atoms with Crippen LogP contribution in [-0.2, 0) is 14.3 Å². The van der Waals surface area contributed by atoms with Crippen LogP contribution in [-0.4, -0.2) is 89.9 Å². The van der Waals surface area contributed by atoms with Gasteiger partial charge in [-0.2, -0.15) is 0 Å². The Morgan fingerprint density at radius 1 is 0.950 bits per heavy atom. The number of carbonyl (C=O) groups excluding carboxylic acids is 5. The molecule has 0 saturated carbocycles. The fraction of sp³-hybridized carbons (Fsp3) is 0.621. The summed E-state index contributed by atoms with van der Waals surface area (Å²) in [7, 11) is 0. The van der Waals surface area contributed by atoms with E-state index in [1.807, 2.05) is 26.8 Å². The molecule has 3 fully saturated rings. The number of piperidine rings is 3. The first-order valence-corrected chi connectivity index (χ1v) is 14.3. The number of amides is 5. The number of hydrogen-bond acceptors (Lipinski definition) is 8. The molecule has 0 radical (unpaired) electrons. The second kappa shape index (κ2) is 11.2. The predicted octanol–water partition coefficient (Wildman–Crippen LogP) is 2.29. The van der Waals surface area contributed by atoms with Gasteiger partial charge in [-0.3, -0.25) is 29.4 Å². The first kappa shape index (κ1) is 28.1. The molecule has 1 unspecified atom stereocenters. The highest BCUT2D eigenvalue weighted by Crippen LogP contribution is 2.32. The molecule has 4 heterocycles. The third-order valence-corrected chi connectivity index (χ3v) is 8.23. The average Bonchev–Trinajstić information content (AvgIpc) is 3.14. The van der Waals surface area contributed by atoms with Gasteiger partial charge < -0.3 is 19.9 Å². The van der Waals surface area contributed by atoms with E-state index in [0.717, 1.165) is 69.0 Å². The minimum absolute atomic E-state index is 0.102. The van der Waals surface area contributed by atoms with Crippen LogP contribution in [0.1, 0.15) is 80.0 Å². The molecule has 40 heavy (non-hydrogen) atoms. The maximum Gasteiger partial charge on any atom is 0.407 e. The van der Waals surface area contributed by atoms with Gasteiger partial charge in [0.1, 0.15) is 11.6 Å². The van der Waals surface area contributed by atoms with Crippen LogP contribution in [0.25, 0.3) is 0 Å². The molecule has 0 aromatic heterocycles. The van der Waals surface area contributed by atoms with E-state index in [0.29, 0.717) is 17.0 Å². The number of carbonyl (C=O) groups is 5. The SMILES string of the molecule is CC(C)(C)OC(=O)NC1CCN(CC2CCN(c3ccc4c(c3)C(=O)N(C3CCC(=O)NC3=O)C4=O)CC2)CC1. The zero-order valence-corrected chi connectivity index (χ0v) is 23.5. The van der Waals surface area contributed by atoms with Gasteiger partial charge in [0.15, 0.2) is 0 Å². The Bertz CT molecular complexity index is 1190. The summed E-state index contributed by atoms with van der Waals surface area (Å²) in [5.41, 5.74) is 1.02. The number of rotatable bonds is 5. The van der Waals surface area contributed by atoms with Gasteiger partial charge in [-0.25, -0.2) is 4.79 Å². The second-order valence-corrected chi connectivity index (χ2v) is 12.3. The number of benzene rings is 1. The molecule has 3 saturated heterocycles. The molecule has 0 bridgehead atoms. The van der Waals surface area contributed by atoms with Crippen molar-refractivity contribution in [2.75, 3.05) is 37.6 Å². The third kappa shape index (κ3) is 6.14. The second-order valence-electron chi connectivity index (χ2n) is 12.3. The first-order chi connectivity index (χ1) is 19.0. The van der Waals surface area contributed by atoms with Gasteiger partial charge in [-0.1, -0.05) is 0 Å². The van der Waals surface area contributed by atoms with Gasteiger partial charge in [0.25, 0.3) is 11.8 Å². The van der Waals surface area contributed by atoms with Crippen molar-refractivity contribution >= 4 is 35.4 Å². The lowest BCUT2D eigenvalue weighted by molar-refractivity contribution is -0.136. The monoisotopic (exact) mass is 553 g/mol. The van der Waals surface area contributed by atoms with Crippen molar-refractivity contribution < 1.29 is 28.7 Å². The molecule has 0 spiro atoms. The zero-order valence-electron chi connectivity index (χ0n) is 23.5. The van der Waals surface area contributed by atoms with E-state index in [-0.39, 0.29) is 30.9 Å². The van der Waals surface area contributed by atoms with E-state index in [9.17, 15) is 24.0 Å². The van der Waals surface area contributed by atoms with Crippen LogP contribution in [0.4, 0.5) is 10.5 Å². The number of alkyl carbamates (subject to hydrolysis) is 1. The van der Waals surface area contributed by atoms with Crippen molar-refractivity contribution in [3.05, 3.63) is 29.3 Å². The van der Waals surface area contributed by atoms with Gasteiger partial charge in [0, 0.05) is 50.9 Å². The molecular formula is C29H39N5O6. The topological polar surface area (TPSA) is 128 Å². The third-order valence-electron chi connectivity index (χ3n) is 8.23. The van der Waals surface area contributed by atoms with Crippen LogP contribution in [0, 0.1) is 5.92 Å². The summed E-state index contributed by atoms with van der Waals surface area (Å²) in [5.74, 6) is -1.37. The van der Waals surface area contributed by atoms with Crippen molar-refractivity contribution in [1.29, 1.82) is 0 Å². The van der Waals surface area contributed by atoms with Crippen LogP contribution < -0.4 is 15.5 Å². The molecule has 4 aliphatic rings. The molecular weight excluding hydrogens is 514 g/mol. The normalized spacial score (nSPS) is 23.3. The number of anilines is 1. The Hall–Kier alpha value is -3.47. The van der Waals surface area contributed by atoms with Gasteiger partial charge in [-0.05, 0) is 77.0 Å². The average molecular weight is 554 g/mol. The minimum Gasteiger partial charge on any atom is -0.444 e. The van der Waals surface area contributed by atoms with Gasteiger partial charge in [-0.15, -0.1) is 0 Å². The highest BCUT2D eigenvalue weighted by molar-refractivity contribution is 6.23. The smallest absolute Gasteiger partial charge is 0.407 e. The number of hydrogen-bond donors (Lipinski definition) is 2. The summed E-state index contributed by atoms with van der Waals surface area (Å²) in [4.78, 5) is 67.8. The number of nitrogens with zero attached hydrogens (tertiary/aromatic N) is 3. The van der Waals surface area contributed by atoms with Crippen LogP contribution in [0.3, 0.4) is 0 Å². The van der Waals surface area contributed by atoms with Crippen LogP contribution in [0.2, 0.25) is 0 Å². The molecule has 11 nitrogen and oxygen atoms in total. The number of ether oxygens (including phenoxy) is 1. The van der Waals surface area contributed by atoms with Crippen LogP contribution in [0.5, 0.6) is 0 Å². The fourth-order valence-corrected chi connectivity index (χ4v) is 6.13. The van der Waals surface area contributed by atoms with Gasteiger partial charge >= 0.3 is 6.09 Å². The Morgan fingerprint density at radius 3 is 2.27 bits per heavy atom. The van der Waals surface area contributed by atoms with E-state index in [4.69, 9.17) is 4.74 Å². The molecule has 2 N–H and O–H groups in total. The van der Waals surface area contributed by atoms with Crippen LogP contribution >= 0.6 is 0 Å². The standard InChI is InChI=1S/C29H39N5O6/c1-29(2,3)40-28(39)30-19-10-12-32(13-11-19)17-18-8-14-33(15-9-18)20-4-5-21-22(16-20)27(38)34(26(21)37)23-6-7-24(35)31-25(23)36/h4-5,16,18-19,23H,6-15,17H2,1-3H3,(H,30,39)(H,31,35,36). The lowest BCUT2D eigenvalue weighted by Crippen LogP contribution is -2.54. The number of imide groups is 2. The summed E-state index contributed by atoms with van der Waals surface area (Å²) in [5, 5.41) is 5.23. The van der Waals surface area contributed by atoms with E-state index in [2.05, 4.69) is 20.4 Å². The van der Waals surface area contributed by atoms with Crippen LogP contribution in [0.15, 0.2) is 18.2 Å². The number of nitrogens with one attached hydrogen (secondary N) is 2. The highest BCUT2D eigenvalue weighted by Gasteiger charge is 2.44. The Balaban J connectivity index is 1.11. The minimum atomic E-state index is -0.956. The van der Waals surface area contributed by atoms with Crippen molar-refractivity contribution in [1.82, 2.24) is 20.4 Å². The van der Waals surface area contributed by atoms with E-state index in [1.54, 1.807) is 12.1 Å². The van der Waals surface area contributed by atoms with Crippen molar-refractivity contribution in [3.63, 3.8) is 0 Å². The number of likely N-dealkylation sites (tertiary alicyclic amines) is 1. The summed E-state index contributed by atoms with van der Waals surface area (Å²) in [6, 6.07) is 4.51.